The molecule has 0 spiro atoms. The molecule has 1 aliphatic carbocycles. The Morgan fingerprint density at radius 3 is 2.38 bits per heavy atom. The summed E-state index contributed by atoms with van der Waals surface area (Å²) in [6, 6.07) is 0. The van der Waals surface area contributed by atoms with Crippen molar-refractivity contribution in [1.82, 2.24) is 10.2 Å². The predicted octanol–water partition coefficient (Wildman–Crippen LogP) is 1.72. The highest BCUT2D eigenvalue weighted by Crippen LogP contribution is 2.24. The Kier molecular flexibility index (Phi) is 5.40. The van der Waals surface area contributed by atoms with E-state index in [1.54, 1.807) is 0 Å². The van der Waals surface area contributed by atoms with E-state index in [-0.39, 0.29) is 0 Å². The fourth-order valence-corrected chi connectivity index (χ4v) is 1.78. The highest BCUT2D eigenvalue weighted by atomic mass is 15.1. The topological polar surface area (TPSA) is 15.3 Å². The summed E-state index contributed by atoms with van der Waals surface area (Å²) in [6.07, 6.45) is 4.37. The summed E-state index contributed by atoms with van der Waals surface area (Å²) in [4.78, 5) is 2.47. The van der Waals surface area contributed by atoms with Crippen LogP contribution in [0.4, 0.5) is 0 Å². The van der Waals surface area contributed by atoms with E-state index in [1.165, 1.54) is 45.4 Å². The zero-order valence-corrected chi connectivity index (χ0v) is 9.18. The second-order valence-electron chi connectivity index (χ2n) is 4.03. The molecule has 2 nitrogen and oxygen atoms in total. The van der Waals surface area contributed by atoms with Crippen molar-refractivity contribution in [2.24, 2.45) is 5.92 Å². The summed E-state index contributed by atoms with van der Waals surface area (Å²) in [5, 5.41) is 3.54. The van der Waals surface area contributed by atoms with E-state index in [9.17, 15) is 0 Å². The van der Waals surface area contributed by atoms with Gasteiger partial charge in [0.15, 0.2) is 0 Å². The summed E-state index contributed by atoms with van der Waals surface area (Å²) in [7, 11) is 0. The van der Waals surface area contributed by atoms with E-state index >= 15 is 0 Å². The molecule has 1 N–H and O–H groups in total. The van der Waals surface area contributed by atoms with Crippen molar-refractivity contribution in [1.29, 1.82) is 0 Å². The van der Waals surface area contributed by atoms with Crippen molar-refractivity contribution in [3.8, 4) is 0 Å². The third kappa shape index (κ3) is 4.10. The maximum absolute atomic E-state index is 3.54. The van der Waals surface area contributed by atoms with E-state index in [0.29, 0.717) is 0 Å². The molecule has 78 valence electrons. The fraction of sp³-hybridized carbons (Fsp3) is 1.00. The quantitative estimate of drug-likeness (QED) is 0.606. The zero-order valence-electron chi connectivity index (χ0n) is 9.18. The monoisotopic (exact) mass is 184 g/mol. The first-order chi connectivity index (χ1) is 6.36. The molecule has 0 amide bonds. The number of nitrogens with zero attached hydrogens (tertiary/aromatic N) is 1. The van der Waals surface area contributed by atoms with Gasteiger partial charge in [-0.25, -0.2) is 0 Å². The second kappa shape index (κ2) is 6.39. The zero-order chi connectivity index (χ0) is 9.52. The van der Waals surface area contributed by atoms with Gasteiger partial charge in [0.25, 0.3) is 0 Å². The van der Waals surface area contributed by atoms with Crippen LogP contribution in [0.25, 0.3) is 0 Å². The van der Waals surface area contributed by atoms with Gasteiger partial charge in [0.2, 0.25) is 0 Å². The maximum atomic E-state index is 3.54. The molecule has 0 heterocycles. The van der Waals surface area contributed by atoms with Crippen LogP contribution in [-0.4, -0.2) is 37.6 Å². The molecule has 1 aliphatic rings. The number of hydrogen-bond acceptors (Lipinski definition) is 2. The molecule has 0 aliphatic heterocycles. The van der Waals surface area contributed by atoms with E-state index in [4.69, 9.17) is 0 Å². The summed E-state index contributed by atoms with van der Waals surface area (Å²) >= 11 is 0. The molecule has 1 saturated carbocycles. The lowest BCUT2D eigenvalue weighted by Crippen LogP contribution is -2.35. The van der Waals surface area contributed by atoms with Crippen LogP contribution >= 0.6 is 0 Å². The fourth-order valence-electron chi connectivity index (χ4n) is 1.78. The summed E-state index contributed by atoms with van der Waals surface area (Å²) < 4.78 is 0. The number of hydrogen-bond donors (Lipinski definition) is 1. The molecule has 0 radical (unpaired) electrons. The Hall–Kier alpha value is -0.0800. The molecule has 1 fully saturated rings. The first kappa shape index (κ1) is 11.0. The summed E-state index contributed by atoms with van der Waals surface area (Å²) in [5.41, 5.74) is 0. The molecule has 0 aromatic rings. The molecule has 0 bridgehead atoms. The molecule has 1 rings (SSSR count). The first-order valence-electron chi connectivity index (χ1n) is 5.79. The van der Waals surface area contributed by atoms with Crippen molar-refractivity contribution in [2.75, 3.05) is 32.7 Å². The van der Waals surface area contributed by atoms with Gasteiger partial charge in [0.1, 0.15) is 0 Å². The minimum atomic E-state index is 0.997. The standard InChI is InChI=1S/C11H24N2/c1-3-13(4-2)9-8-12-10-11-6-5-7-11/h11-12H,3-10H2,1-2H3. The summed E-state index contributed by atoms with van der Waals surface area (Å²) in [5.74, 6) is 0.997. The SMILES string of the molecule is CCN(CC)CCNCC1CCC1. The Morgan fingerprint density at radius 2 is 1.92 bits per heavy atom. The molecule has 13 heavy (non-hydrogen) atoms. The van der Waals surface area contributed by atoms with Crippen molar-refractivity contribution in [3.63, 3.8) is 0 Å². The molecule has 0 saturated heterocycles. The van der Waals surface area contributed by atoms with Crippen molar-refractivity contribution >= 4 is 0 Å². The van der Waals surface area contributed by atoms with Gasteiger partial charge >= 0.3 is 0 Å². The summed E-state index contributed by atoms with van der Waals surface area (Å²) in [6.45, 7) is 10.5. The molecule has 2 heteroatoms. The van der Waals surface area contributed by atoms with Crippen LogP contribution < -0.4 is 5.32 Å². The van der Waals surface area contributed by atoms with Crippen LogP contribution in [0.1, 0.15) is 33.1 Å². The van der Waals surface area contributed by atoms with E-state index in [2.05, 4.69) is 24.1 Å². The maximum Gasteiger partial charge on any atom is 0.0107 e. The van der Waals surface area contributed by atoms with Crippen molar-refractivity contribution in [3.05, 3.63) is 0 Å². The van der Waals surface area contributed by atoms with Crippen molar-refractivity contribution in [2.45, 2.75) is 33.1 Å². The Bertz CT molecular complexity index is 117. The van der Waals surface area contributed by atoms with Gasteiger partial charge in [-0.2, -0.15) is 0 Å². The van der Waals surface area contributed by atoms with Gasteiger partial charge in [0.05, 0.1) is 0 Å². The van der Waals surface area contributed by atoms with Crippen LogP contribution in [0.15, 0.2) is 0 Å². The average molecular weight is 184 g/mol. The molecule has 0 atom stereocenters. The average Bonchev–Trinajstić information content (AvgIpc) is 2.08. The van der Waals surface area contributed by atoms with Gasteiger partial charge in [-0.1, -0.05) is 20.3 Å². The third-order valence-electron chi connectivity index (χ3n) is 3.16. The van der Waals surface area contributed by atoms with Crippen LogP contribution in [0.3, 0.4) is 0 Å². The minimum Gasteiger partial charge on any atom is -0.315 e. The Morgan fingerprint density at radius 1 is 1.23 bits per heavy atom. The smallest absolute Gasteiger partial charge is 0.0107 e. The van der Waals surface area contributed by atoms with Crippen LogP contribution in [0.2, 0.25) is 0 Å². The van der Waals surface area contributed by atoms with Gasteiger partial charge in [0, 0.05) is 13.1 Å². The van der Waals surface area contributed by atoms with Gasteiger partial charge in [-0.3, -0.25) is 0 Å². The Balaban J connectivity index is 1.87. The second-order valence-corrected chi connectivity index (χ2v) is 4.03. The molecule has 0 unspecified atom stereocenters. The number of rotatable bonds is 7. The van der Waals surface area contributed by atoms with Gasteiger partial charge < -0.3 is 10.2 Å². The molecular formula is C11H24N2. The normalized spacial score (nSPS) is 17.8. The van der Waals surface area contributed by atoms with E-state index in [1.807, 2.05) is 0 Å². The van der Waals surface area contributed by atoms with Gasteiger partial charge in [-0.15, -0.1) is 0 Å². The highest BCUT2D eigenvalue weighted by molar-refractivity contribution is 4.71. The van der Waals surface area contributed by atoms with Crippen LogP contribution in [0.5, 0.6) is 0 Å². The third-order valence-corrected chi connectivity index (χ3v) is 3.16. The lowest BCUT2D eigenvalue weighted by molar-refractivity contribution is 0.274. The first-order valence-corrected chi connectivity index (χ1v) is 5.79. The highest BCUT2D eigenvalue weighted by Gasteiger charge is 2.16. The lowest BCUT2D eigenvalue weighted by Gasteiger charge is -2.26. The van der Waals surface area contributed by atoms with Gasteiger partial charge in [-0.05, 0) is 38.4 Å². The molecule has 0 aromatic carbocycles. The lowest BCUT2D eigenvalue weighted by atomic mass is 9.85. The van der Waals surface area contributed by atoms with E-state index < -0.39 is 0 Å². The predicted molar refractivity (Wildman–Crippen MR) is 58.0 cm³/mol. The molecule has 0 aromatic heterocycles. The number of likely N-dealkylation sites (N-methyl/N-ethyl adjacent to an activating group) is 1. The molecular weight excluding hydrogens is 160 g/mol. The Labute approximate surface area is 82.7 Å². The van der Waals surface area contributed by atoms with Crippen molar-refractivity contribution < 1.29 is 0 Å². The minimum absolute atomic E-state index is 0.997. The number of nitrogens with one attached hydrogen (secondary N) is 1. The van der Waals surface area contributed by atoms with Crippen LogP contribution in [-0.2, 0) is 0 Å². The van der Waals surface area contributed by atoms with Crippen LogP contribution in [0, 0.1) is 5.92 Å². The van der Waals surface area contributed by atoms with E-state index in [0.717, 1.165) is 12.5 Å². The largest absolute Gasteiger partial charge is 0.315 e.